The van der Waals surface area contributed by atoms with Crippen molar-refractivity contribution in [2.75, 3.05) is 16.8 Å². The number of ether oxygens (including phenoxy) is 2. The van der Waals surface area contributed by atoms with Crippen LogP contribution < -0.4 is 15.0 Å². The Bertz CT molecular complexity index is 976. The third-order valence-corrected chi connectivity index (χ3v) is 4.60. The molecular weight excluding hydrogens is 448 g/mol. The van der Waals surface area contributed by atoms with E-state index in [4.69, 9.17) is 16.3 Å². The van der Waals surface area contributed by atoms with E-state index in [0.717, 1.165) is 17.0 Å². The van der Waals surface area contributed by atoms with Gasteiger partial charge in [-0.1, -0.05) is 17.7 Å². The van der Waals surface area contributed by atoms with E-state index in [2.05, 4.69) is 20.0 Å². The molecule has 13 heteroatoms. The molecule has 1 aliphatic rings. The average molecular weight is 465 g/mol. The smallest absolute Gasteiger partial charge is 0.447 e. The predicted molar refractivity (Wildman–Crippen MR) is 101 cm³/mol. The molecule has 1 aliphatic heterocycles. The largest absolute Gasteiger partial charge is 0.573 e. The van der Waals surface area contributed by atoms with Gasteiger partial charge in [0.05, 0.1) is 12.1 Å². The molecule has 1 saturated heterocycles. The molecule has 2 heterocycles. The fraction of sp³-hybridized carbons (Fsp3) is 0.389. The van der Waals surface area contributed by atoms with Crippen LogP contribution in [0, 0.1) is 5.82 Å². The van der Waals surface area contributed by atoms with Crippen LogP contribution in [0.2, 0.25) is 5.15 Å². The number of nitrogens with zero attached hydrogens (tertiary/aromatic N) is 3. The van der Waals surface area contributed by atoms with Gasteiger partial charge in [0.15, 0.2) is 0 Å². The minimum atomic E-state index is -4.94. The highest BCUT2D eigenvalue weighted by atomic mass is 35.5. The summed E-state index contributed by atoms with van der Waals surface area (Å²) in [6.07, 6.45) is -6.59. The Balaban J connectivity index is 1.82. The van der Waals surface area contributed by atoms with E-state index in [0.29, 0.717) is 6.07 Å². The fourth-order valence-corrected chi connectivity index (χ4v) is 3.15. The second-order valence-electron chi connectivity index (χ2n) is 6.72. The molecule has 2 N–H and O–H groups in total. The number of benzene rings is 1. The Kier molecular flexibility index (Phi) is 6.41. The van der Waals surface area contributed by atoms with Crippen molar-refractivity contribution in [3.05, 3.63) is 40.8 Å². The van der Waals surface area contributed by atoms with Gasteiger partial charge in [-0.2, -0.15) is 4.98 Å². The quantitative estimate of drug-likeness (QED) is 0.492. The van der Waals surface area contributed by atoms with Crippen molar-refractivity contribution in [3.63, 3.8) is 0 Å². The summed E-state index contributed by atoms with van der Waals surface area (Å²) in [5, 5.41) is 12.6. The number of cyclic esters (lactones) is 1. The molecule has 2 aromatic rings. The van der Waals surface area contributed by atoms with Crippen LogP contribution in [-0.2, 0) is 4.74 Å². The maximum atomic E-state index is 14.3. The molecule has 1 aromatic heterocycles. The van der Waals surface area contributed by atoms with Gasteiger partial charge in [0, 0.05) is 17.7 Å². The molecule has 0 bridgehead atoms. The van der Waals surface area contributed by atoms with Gasteiger partial charge in [0.2, 0.25) is 5.95 Å². The number of hydrogen-bond acceptors (Lipinski definition) is 7. The Morgan fingerprint density at radius 1 is 1.32 bits per heavy atom. The van der Waals surface area contributed by atoms with Gasteiger partial charge < -0.3 is 19.9 Å². The van der Waals surface area contributed by atoms with E-state index in [1.807, 2.05) is 0 Å². The fourth-order valence-electron chi connectivity index (χ4n) is 2.98. The topological polar surface area (TPSA) is 96.8 Å². The van der Waals surface area contributed by atoms with E-state index in [1.54, 1.807) is 0 Å². The summed E-state index contributed by atoms with van der Waals surface area (Å²) in [6, 6.07) is 2.52. The lowest BCUT2D eigenvalue weighted by Gasteiger charge is -2.23. The highest BCUT2D eigenvalue weighted by Gasteiger charge is 2.38. The first-order chi connectivity index (χ1) is 14.4. The van der Waals surface area contributed by atoms with Crippen molar-refractivity contribution in [2.45, 2.75) is 38.4 Å². The van der Waals surface area contributed by atoms with Gasteiger partial charge in [-0.3, -0.25) is 4.90 Å². The van der Waals surface area contributed by atoms with Crippen molar-refractivity contribution in [1.29, 1.82) is 0 Å². The van der Waals surface area contributed by atoms with E-state index >= 15 is 0 Å². The average Bonchev–Trinajstić information content (AvgIpc) is 3.01. The number of halogens is 5. The molecule has 1 unspecified atom stereocenters. The SMILES string of the molecule is C[C@H](Nc1nc(Cl)cc(N2C(=O)OCC2[C@@H](C)O)n1)c1ccc(OC(F)(F)F)cc1F. The van der Waals surface area contributed by atoms with Crippen LogP contribution in [0.3, 0.4) is 0 Å². The highest BCUT2D eigenvalue weighted by Crippen LogP contribution is 2.30. The minimum Gasteiger partial charge on any atom is -0.447 e. The number of amides is 1. The highest BCUT2D eigenvalue weighted by molar-refractivity contribution is 6.29. The van der Waals surface area contributed by atoms with Crippen molar-refractivity contribution >= 4 is 29.5 Å². The second-order valence-corrected chi connectivity index (χ2v) is 7.11. The van der Waals surface area contributed by atoms with Crippen LogP contribution in [0.4, 0.5) is 34.1 Å². The van der Waals surface area contributed by atoms with Crippen LogP contribution in [0.25, 0.3) is 0 Å². The van der Waals surface area contributed by atoms with Crippen LogP contribution in [0.1, 0.15) is 25.5 Å². The molecule has 1 amide bonds. The number of hydrogen-bond donors (Lipinski definition) is 2. The van der Waals surface area contributed by atoms with Crippen molar-refractivity contribution in [3.8, 4) is 5.75 Å². The van der Waals surface area contributed by atoms with E-state index in [-0.39, 0.29) is 29.1 Å². The van der Waals surface area contributed by atoms with Crippen LogP contribution in [0.5, 0.6) is 5.75 Å². The van der Waals surface area contributed by atoms with Gasteiger partial charge in [0.25, 0.3) is 0 Å². The van der Waals surface area contributed by atoms with E-state index in [9.17, 15) is 27.5 Å². The lowest BCUT2D eigenvalue weighted by atomic mass is 10.1. The molecule has 0 aliphatic carbocycles. The first-order valence-corrected chi connectivity index (χ1v) is 9.33. The van der Waals surface area contributed by atoms with Crippen molar-refractivity contribution in [2.24, 2.45) is 0 Å². The number of aliphatic hydroxyl groups excluding tert-OH is 1. The molecule has 0 saturated carbocycles. The zero-order valence-corrected chi connectivity index (χ0v) is 16.9. The predicted octanol–water partition coefficient (Wildman–Crippen LogP) is 4.05. The van der Waals surface area contributed by atoms with Crippen LogP contribution in [0.15, 0.2) is 24.3 Å². The van der Waals surface area contributed by atoms with Gasteiger partial charge >= 0.3 is 12.5 Å². The van der Waals surface area contributed by atoms with Crippen LogP contribution in [-0.4, -0.2) is 46.3 Å². The molecule has 1 fully saturated rings. The number of aromatic nitrogens is 2. The first-order valence-electron chi connectivity index (χ1n) is 8.95. The summed E-state index contributed by atoms with van der Waals surface area (Å²) in [5.74, 6) is -1.66. The summed E-state index contributed by atoms with van der Waals surface area (Å²) in [5.41, 5.74) is 0.0158. The van der Waals surface area contributed by atoms with E-state index < -0.39 is 42.2 Å². The lowest BCUT2D eigenvalue weighted by molar-refractivity contribution is -0.274. The maximum Gasteiger partial charge on any atom is 0.573 e. The van der Waals surface area contributed by atoms with Gasteiger partial charge in [0.1, 0.15) is 35.2 Å². The second kappa shape index (κ2) is 8.71. The van der Waals surface area contributed by atoms with E-state index in [1.165, 1.54) is 19.9 Å². The molecule has 0 spiro atoms. The number of anilines is 2. The Hall–Kier alpha value is -2.86. The summed E-state index contributed by atoms with van der Waals surface area (Å²) < 4.78 is 59.8. The molecule has 8 nitrogen and oxygen atoms in total. The summed E-state index contributed by atoms with van der Waals surface area (Å²) in [7, 11) is 0. The molecule has 31 heavy (non-hydrogen) atoms. The number of rotatable bonds is 6. The van der Waals surface area contributed by atoms with Crippen molar-refractivity contribution < 1.29 is 36.9 Å². The molecule has 168 valence electrons. The third-order valence-electron chi connectivity index (χ3n) is 4.41. The van der Waals surface area contributed by atoms with Gasteiger partial charge in [-0.25, -0.2) is 14.2 Å². The monoisotopic (exact) mass is 464 g/mol. The van der Waals surface area contributed by atoms with Gasteiger partial charge in [-0.05, 0) is 19.9 Å². The molecule has 0 radical (unpaired) electrons. The summed E-state index contributed by atoms with van der Waals surface area (Å²) in [6.45, 7) is 2.96. The molecule has 3 atom stereocenters. The number of aliphatic hydroxyl groups is 1. The summed E-state index contributed by atoms with van der Waals surface area (Å²) >= 11 is 6.02. The zero-order chi connectivity index (χ0) is 22.9. The lowest BCUT2D eigenvalue weighted by Crippen LogP contribution is -2.41. The Morgan fingerprint density at radius 3 is 2.65 bits per heavy atom. The van der Waals surface area contributed by atoms with Crippen molar-refractivity contribution in [1.82, 2.24) is 9.97 Å². The third kappa shape index (κ3) is 5.44. The molecular formula is C18H17ClF4N4O4. The number of alkyl halides is 3. The standard InChI is InChI=1S/C18H17ClF4N4O4/c1-8(11-4-3-10(5-12(11)20)31-18(21,22)23)24-16-25-14(19)6-15(26-16)27-13(9(2)28)7-30-17(27)29/h3-6,8-9,13,28H,7H2,1-2H3,(H,24,25,26)/t8-,9+,13?/m0/s1. The number of carbonyl (C=O) groups is 1. The summed E-state index contributed by atoms with van der Waals surface area (Å²) in [4.78, 5) is 21.3. The van der Waals surface area contributed by atoms with Gasteiger partial charge in [-0.15, -0.1) is 13.2 Å². The first kappa shape index (κ1) is 22.8. The van der Waals surface area contributed by atoms with Crippen LogP contribution >= 0.6 is 11.6 Å². The maximum absolute atomic E-state index is 14.3. The number of nitrogens with one attached hydrogen (secondary N) is 1. The minimum absolute atomic E-state index is 0.0158. The number of carbonyl (C=O) groups excluding carboxylic acids is 1. The zero-order valence-electron chi connectivity index (χ0n) is 16.2. The molecule has 1 aromatic carbocycles. The Labute approximate surface area is 178 Å². The normalized spacial score (nSPS) is 18.5. The molecule has 3 rings (SSSR count). The Morgan fingerprint density at radius 2 is 2.03 bits per heavy atom.